The molecule has 6 aliphatic heterocycles. The molecule has 45 heavy (non-hydrogen) atoms. The molecule has 10 rings (SSSR count). The van der Waals surface area contributed by atoms with Crippen LogP contribution in [-0.4, -0.2) is 59.2 Å². The van der Waals surface area contributed by atoms with E-state index in [0.29, 0.717) is 46.7 Å². The van der Waals surface area contributed by atoms with Crippen LogP contribution in [0.25, 0.3) is 0 Å². The number of methoxy groups -OCH3 is 4. The third-order valence-corrected chi connectivity index (χ3v) is 9.13. The Bertz CT molecular complexity index is 1780. The van der Waals surface area contributed by atoms with Gasteiger partial charge in [0.05, 0.1) is 28.4 Å². The van der Waals surface area contributed by atoms with Crippen molar-refractivity contribution in [1.82, 2.24) is 4.90 Å². The van der Waals surface area contributed by atoms with E-state index >= 15 is 0 Å². The summed E-state index contributed by atoms with van der Waals surface area (Å²) in [5, 5.41) is 0. The second-order valence-corrected chi connectivity index (χ2v) is 11.7. The Morgan fingerprint density at radius 1 is 0.733 bits per heavy atom. The minimum absolute atomic E-state index is 0.00599. The third kappa shape index (κ3) is 5.33. The molecule has 0 N–H and O–H groups in total. The highest BCUT2D eigenvalue weighted by molar-refractivity contribution is 6.04. The lowest BCUT2D eigenvalue weighted by Gasteiger charge is -2.37. The van der Waals surface area contributed by atoms with Crippen LogP contribution in [0.4, 0.5) is 0 Å². The molecular weight excluding hydrogens is 568 g/mol. The first-order chi connectivity index (χ1) is 22.0. The second kappa shape index (κ2) is 12.0. The van der Waals surface area contributed by atoms with Crippen molar-refractivity contribution in [2.45, 2.75) is 31.7 Å². The molecular formula is C37H38N2O6. The number of nitrogens with zero attached hydrogens (tertiary/aromatic N) is 2. The van der Waals surface area contributed by atoms with Crippen LogP contribution in [0.15, 0.2) is 65.7 Å². The summed E-state index contributed by atoms with van der Waals surface area (Å²) in [6.45, 7) is 1.61. The van der Waals surface area contributed by atoms with Crippen molar-refractivity contribution < 1.29 is 28.4 Å². The van der Waals surface area contributed by atoms with Gasteiger partial charge >= 0.3 is 0 Å². The van der Waals surface area contributed by atoms with Crippen molar-refractivity contribution in [2.24, 2.45) is 4.99 Å². The largest absolute Gasteiger partial charge is 0.493 e. The highest BCUT2D eigenvalue weighted by atomic mass is 16.5. The summed E-state index contributed by atoms with van der Waals surface area (Å²) in [5.74, 6) is 5.23. The Hall–Kier alpha value is -4.69. The molecule has 8 heteroatoms. The van der Waals surface area contributed by atoms with Crippen LogP contribution in [-0.2, 0) is 25.7 Å². The predicted octanol–water partition coefficient (Wildman–Crippen LogP) is 6.98. The summed E-state index contributed by atoms with van der Waals surface area (Å²) in [5.41, 5.74) is 7.81. The van der Waals surface area contributed by atoms with E-state index in [1.165, 1.54) is 11.1 Å². The van der Waals surface area contributed by atoms with Crippen LogP contribution in [0.2, 0.25) is 0 Å². The van der Waals surface area contributed by atoms with Crippen LogP contribution < -0.4 is 28.4 Å². The molecule has 8 bridgehead atoms. The minimum Gasteiger partial charge on any atom is -0.493 e. The highest BCUT2D eigenvalue weighted by Gasteiger charge is 2.34. The van der Waals surface area contributed by atoms with Gasteiger partial charge in [0.2, 0.25) is 5.75 Å². The smallest absolute Gasteiger partial charge is 0.204 e. The van der Waals surface area contributed by atoms with Crippen molar-refractivity contribution in [3.05, 3.63) is 94.0 Å². The molecule has 4 aromatic carbocycles. The molecule has 1 unspecified atom stereocenters. The lowest BCUT2D eigenvalue weighted by molar-refractivity contribution is 0.221. The fourth-order valence-corrected chi connectivity index (χ4v) is 6.75. The van der Waals surface area contributed by atoms with Gasteiger partial charge in [-0.25, -0.2) is 0 Å². The fraction of sp³-hybridized carbons (Fsp3) is 0.324. The summed E-state index contributed by atoms with van der Waals surface area (Å²) in [4.78, 5) is 7.31. The topological polar surface area (TPSA) is 71.0 Å². The maximum Gasteiger partial charge on any atom is 0.204 e. The summed E-state index contributed by atoms with van der Waals surface area (Å²) in [6.07, 6.45) is 3.09. The van der Waals surface area contributed by atoms with Gasteiger partial charge in [0, 0.05) is 42.4 Å². The molecule has 6 aliphatic rings. The van der Waals surface area contributed by atoms with E-state index in [1.54, 1.807) is 28.4 Å². The first-order valence-corrected chi connectivity index (χ1v) is 15.3. The lowest BCUT2D eigenvalue weighted by Crippen LogP contribution is -2.34. The monoisotopic (exact) mass is 606 g/mol. The number of likely N-dealkylation sites (N-methyl/N-ethyl adjacent to an activating group) is 1. The lowest BCUT2D eigenvalue weighted by atomic mass is 9.87. The van der Waals surface area contributed by atoms with Gasteiger partial charge in [-0.3, -0.25) is 9.89 Å². The number of aliphatic imine (C=N–C) groups is 1. The SMILES string of the molecule is COc1ccc2cc1Oc1ccc(cc1)CC1=NCCc3cc(c(OC)cc31)Oc1c(OC)c(OC)cc3c1C(C2)N(C)CC3. The summed E-state index contributed by atoms with van der Waals surface area (Å²) < 4.78 is 36.8. The Morgan fingerprint density at radius 2 is 1.49 bits per heavy atom. The zero-order chi connectivity index (χ0) is 31.1. The van der Waals surface area contributed by atoms with Gasteiger partial charge in [-0.05, 0) is 91.0 Å². The number of rotatable bonds is 4. The molecule has 1 atom stereocenters. The standard InChI is InChI=1S/C37H38N2O6/c1-39-15-13-25-20-34(42-4)36(43-5)37-35(25)29(39)17-23-8-11-30(40-2)32(18-23)44-26-9-6-22(7-10-26)16-28-27-21-31(41-3)33(45-37)19-24(27)12-14-38-28/h6-11,18-21,29H,12-17H2,1-5H3. The molecule has 0 fully saturated rings. The molecule has 0 aromatic heterocycles. The zero-order valence-electron chi connectivity index (χ0n) is 26.4. The van der Waals surface area contributed by atoms with E-state index < -0.39 is 0 Å². The van der Waals surface area contributed by atoms with E-state index in [1.807, 2.05) is 18.2 Å². The van der Waals surface area contributed by atoms with Crippen LogP contribution in [0.3, 0.4) is 0 Å². The number of hydrogen-bond donors (Lipinski definition) is 0. The van der Waals surface area contributed by atoms with Gasteiger partial charge in [0.25, 0.3) is 0 Å². The molecule has 8 nitrogen and oxygen atoms in total. The van der Waals surface area contributed by atoms with Crippen LogP contribution in [0, 0.1) is 0 Å². The quantitative estimate of drug-likeness (QED) is 0.248. The number of hydrogen-bond acceptors (Lipinski definition) is 8. The van der Waals surface area contributed by atoms with Gasteiger partial charge < -0.3 is 28.4 Å². The van der Waals surface area contributed by atoms with Gasteiger partial charge in [0.15, 0.2) is 34.5 Å². The van der Waals surface area contributed by atoms with E-state index in [0.717, 1.165) is 66.1 Å². The summed E-state index contributed by atoms with van der Waals surface area (Å²) in [7, 11) is 8.83. The molecule has 0 saturated carbocycles. The average molecular weight is 607 g/mol. The number of ether oxygens (including phenoxy) is 6. The molecule has 0 aliphatic carbocycles. The Balaban J connectivity index is 1.46. The molecule has 4 aromatic rings. The van der Waals surface area contributed by atoms with Crippen molar-refractivity contribution in [3.63, 3.8) is 0 Å². The molecule has 0 radical (unpaired) electrons. The predicted molar refractivity (Wildman–Crippen MR) is 174 cm³/mol. The number of benzene rings is 4. The third-order valence-electron chi connectivity index (χ3n) is 9.13. The van der Waals surface area contributed by atoms with Crippen LogP contribution in [0.5, 0.6) is 46.0 Å². The van der Waals surface area contributed by atoms with Crippen molar-refractivity contribution in [3.8, 4) is 46.0 Å². The summed E-state index contributed by atoms with van der Waals surface area (Å²) in [6, 6.07) is 20.6. The van der Waals surface area contributed by atoms with Gasteiger partial charge in [-0.15, -0.1) is 0 Å². The van der Waals surface area contributed by atoms with Gasteiger partial charge in [0.1, 0.15) is 5.75 Å². The normalized spacial score (nSPS) is 17.1. The summed E-state index contributed by atoms with van der Waals surface area (Å²) >= 11 is 0. The molecule has 232 valence electrons. The van der Waals surface area contributed by atoms with Crippen LogP contribution in [0.1, 0.15) is 39.4 Å². The highest BCUT2D eigenvalue weighted by Crippen LogP contribution is 2.51. The molecule has 0 spiro atoms. The minimum atomic E-state index is -0.00599. The molecule has 0 saturated heterocycles. The van der Waals surface area contributed by atoms with Crippen LogP contribution >= 0.6 is 0 Å². The first kappa shape index (κ1) is 29.0. The van der Waals surface area contributed by atoms with E-state index in [4.69, 9.17) is 33.4 Å². The Kier molecular flexibility index (Phi) is 7.75. The Labute approximate surface area is 264 Å². The molecule has 0 amide bonds. The van der Waals surface area contributed by atoms with Crippen molar-refractivity contribution >= 4 is 5.71 Å². The van der Waals surface area contributed by atoms with Gasteiger partial charge in [-0.1, -0.05) is 18.2 Å². The van der Waals surface area contributed by atoms with Crippen molar-refractivity contribution in [2.75, 3.05) is 48.6 Å². The Morgan fingerprint density at radius 3 is 2.24 bits per heavy atom. The molecule has 6 heterocycles. The fourth-order valence-electron chi connectivity index (χ4n) is 6.75. The maximum atomic E-state index is 6.93. The van der Waals surface area contributed by atoms with E-state index in [-0.39, 0.29) is 6.04 Å². The zero-order valence-corrected chi connectivity index (χ0v) is 26.4. The van der Waals surface area contributed by atoms with Crippen molar-refractivity contribution in [1.29, 1.82) is 0 Å². The average Bonchev–Trinajstić information content (AvgIpc) is 3.06. The van der Waals surface area contributed by atoms with Gasteiger partial charge in [-0.2, -0.15) is 0 Å². The first-order valence-electron chi connectivity index (χ1n) is 15.3. The second-order valence-electron chi connectivity index (χ2n) is 11.7. The van der Waals surface area contributed by atoms with E-state index in [9.17, 15) is 0 Å². The maximum absolute atomic E-state index is 6.93. The van der Waals surface area contributed by atoms with E-state index in [2.05, 4.69) is 54.4 Å².